The van der Waals surface area contributed by atoms with E-state index in [2.05, 4.69) is 20.6 Å². The Balaban J connectivity index is 1.41. The Bertz CT molecular complexity index is 1070. The highest BCUT2D eigenvalue weighted by molar-refractivity contribution is 7.15. The molecule has 2 aromatic heterocycles. The molecule has 0 radical (unpaired) electrons. The number of rotatable bonds is 5. The first kappa shape index (κ1) is 16.7. The average Bonchev–Trinajstić information content (AvgIpc) is 3.22. The fourth-order valence-corrected chi connectivity index (χ4v) is 3.70. The van der Waals surface area contributed by atoms with Crippen molar-refractivity contribution in [3.8, 4) is 0 Å². The topological polar surface area (TPSA) is 72.7 Å². The van der Waals surface area contributed by atoms with Gasteiger partial charge in [0.15, 0.2) is 5.13 Å². The number of thiazole rings is 1. The first-order chi connectivity index (χ1) is 12.7. The normalized spacial score (nSPS) is 11.0. The van der Waals surface area contributed by atoms with Crippen molar-refractivity contribution in [3.05, 3.63) is 70.2 Å². The molecule has 6 nitrogen and oxygen atoms in total. The van der Waals surface area contributed by atoms with Gasteiger partial charge in [0.05, 0.1) is 5.52 Å². The van der Waals surface area contributed by atoms with Gasteiger partial charge in [-0.1, -0.05) is 41.1 Å². The Labute approximate surface area is 158 Å². The molecule has 0 saturated carbocycles. The summed E-state index contributed by atoms with van der Waals surface area (Å²) in [5.41, 5.74) is 2.69. The summed E-state index contributed by atoms with van der Waals surface area (Å²) in [5, 5.41) is 12.2. The third kappa shape index (κ3) is 3.74. The van der Waals surface area contributed by atoms with Gasteiger partial charge in [-0.3, -0.25) is 4.79 Å². The number of nitrogens with one attached hydrogen (secondary N) is 1. The molecule has 2 heterocycles. The van der Waals surface area contributed by atoms with E-state index in [4.69, 9.17) is 11.6 Å². The lowest BCUT2D eigenvalue weighted by Crippen LogP contribution is -2.19. The minimum Gasteiger partial charge on any atom is -0.300 e. The average molecular weight is 384 g/mol. The van der Waals surface area contributed by atoms with Gasteiger partial charge in [0.25, 0.3) is 0 Å². The molecule has 2 aromatic carbocycles. The zero-order valence-electron chi connectivity index (χ0n) is 13.6. The minimum absolute atomic E-state index is 0.0870. The third-order valence-corrected chi connectivity index (χ3v) is 4.93. The van der Waals surface area contributed by atoms with Gasteiger partial charge in [-0.05, 0) is 29.8 Å². The molecule has 0 atom stereocenters. The van der Waals surface area contributed by atoms with Gasteiger partial charge in [0.2, 0.25) is 5.91 Å². The number of nitrogens with zero attached hydrogens (tertiary/aromatic N) is 4. The van der Waals surface area contributed by atoms with Crippen LogP contribution in [0.15, 0.2) is 54.7 Å². The summed E-state index contributed by atoms with van der Waals surface area (Å²) in [4.78, 5) is 17.6. The fraction of sp³-hybridized carbons (Fsp3) is 0.111. The van der Waals surface area contributed by atoms with Crippen molar-refractivity contribution in [1.82, 2.24) is 20.0 Å². The van der Waals surface area contributed by atoms with Crippen molar-refractivity contribution in [2.75, 3.05) is 5.32 Å². The maximum Gasteiger partial charge on any atom is 0.247 e. The summed E-state index contributed by atoms with van der Waals surface area (Å²) in [6.07, 6.45) is 2.49. The third-order valence-electron chi connectivity index (χ3n) is 3.78. The first-order valence-electron chi connectivity index (χ1n) is 7.94. The van der Waals surface area contributed by atoms with Crippen LogP contribution in [-0.2, 0) is 17.8 Å². The Hall–Kier alpha value is -2.77. The van der Waals surface area contributed by atoms with Gasteiger partial charge in [0.1, 0.15) is 12.1 Å². The lowest BCUT2D eigenvalue weighted by molar-refractivity contribution is -0.116. The highest BCUT2D eigenvalue weighted by Gasteiger charge is 2.11. The first-order valence-corrected chi connectivity index (χ1v) is 9.14. The molecule has 0 spiro atoms. The lowest BCUT2D eigenvalue weighted by Gasteiger charge is -2.02. The SMILES string of the molecule is O=C(Cn1nnc2ccccc21)Nc1ncc(Cc2cccc(Cl)c2)s1. The van der Waals surface area contributed by atoms with Crippen molar-refractivity contribution < 1.29 is 4.79 Å². The Morgan fingerprint density at radius 2 is 2.08 bits per heavy atom. The highest BCUT2D eigenvalue weighted by atomic mass is 35.5. The zero-order chi connectivity index (χ0) is 17.9. The summed E-state index contributed by atoms with van der Waals surface area (Å²) in [7, 11) is 0. The summed E-state index contributed by atoms with van der Waals surface area (Å²) in [6, 6.07) is 15.2. The number of para-hydroxylation sites is 1. The molecular formula is C18H14ClN5OS. The molecule has 0 aliphatic carbocycles. The van der Waals surface area contributed by atoms with E-state index in [1.165, 1.54) is 11.3 Å². The van der Waals surface area contributed by atoms with Crippen LogP contribution in [0.3, 0.4) is 0 Å². The van der Waals surface area contributed by atoms with Crippen LogP contribution in [-0.4, -0.2) is 25.9 Å². The van der Waals surface area contributed by atoms with E-state index in [0.29, 0.717) is 10.2 Å². The molecular weight excluding hydrogens is 370 g/mol. The van der Waals surface area contributed by atoms with Gasteiger partial charge in [-0.25, -0.2) is 9.67 Å². The Kier molecular flexibility index (Phi) is 4.64. The van der Waals surface area contributed by atoms with Gasteiger partial charge in [-0.15, -0.1) is 16.4 Å². The number of hydrogen-bond acceptors (Lipinski definition) is 5. The molecule has 0 saturated heterocycles. The second-order valence-electron chi connectivity index (χ2n) is 5.72. The molecule has 0 aliphatic rings. The standard InChI is InChI=1S/C18H14ClN5OS/c19-13-5-3-4-12(8-13)9-14-10-20-18(26-14)21-17(25)11-24-16-7-2-1-6-15(16)22-23-24/h1-8,10H,9,11H2,(H,20,21,25). The van der Waals surface area contributed by atoms with Gasteiger partial charge in [-0.2, -0.15) is 0 Å². The predicted octanol–water partition coefficient (Wildman–Crippen LogP) is 3.77. The van der Waals surface area contributed by atoms with Crippen LogP contribution in [0.4, 0.5) is 5.13 Å². The summed E-state index contributed by atoms with van der Waals surface area (Å²) in [5.74, 6) is -0.190. The van der Waals surface area contributed by atoms with Crippen molar-refractivity contribution in [2.24, 2.45) is 0 Å². The molecule has 0 bridgehead atoms. The smallest absolute Gasteiger partial charge is 0.247 e. The second kappa shape index (κ2) is 7.23. The maximum atomic E-state index is 12.3. The van der Waals surface area contributed by atoms with E-state index in [-0.39, 0.29) is 12.5 Å². The molecule has 0 fully saturated rings. The van der Waals surface area contributed by atoms with Crippen LogP contribution in [0.5, 0.6) is 0 Å². The number of halogens is 1. The lowest BCUT2D eigenvalue weighted by atomic mass is 10.1. The number of anilines is 1. The number of benzene rings is 2. The van der Waals surface area contributed by atoms with Crippen molar-refractivity contribution in [3.63, 3.8) is 0 Å². The van der Waals surface area contributed by atoms with Crippen molar-refractivity contribution >= 4 is 45.0 Å². The number of hydrogen-bond donors (Lipinski definition) is 1. The number of carbonyl (C=O) groups excluding carboxylic acids is 1. The van der Waals surface area contributed by atoms with Crippen LogP contribution < -0.4 is 5.32 Å². The number of amides is 1. The van der Waals surface area contributed by atoms with Crippen LogP contribution in [0.1, 0.15) is 10.4 Å². The zero-order valence-corrected chi connectivity index (χ0v) is 15.2. The predicted molar refractivity (Wildman–Crippen MR) is 103 cm³/mol. The fourth-order valence-electron chi connectivity index (χ4n) is 2.62. The summed E-state index contributed by atoms with van der Waals surface area (Å²) < 4.78 is 1.57. The van der Waals surface area contributed by atoms with E-state index in [1.54, 1.807) is 10.9 Å². The van der Waals surface area contributed by atoms with E-state index < -0.39 is 0 Å². The summed E-state index contributed by atoms with van der Waals surface area (Å²) in [6.45, 7) is 0.0870. The molecule has 26 heavy (non-hydrogen) atoms. The minimum atomic E-state index is -0.190. The molecule has 1 amide bonds. The van der Waals surface area contributed by atoms with Crippen LogP contribution >= 0.6 is 22.9 Å². The molecule has 8 heteroatoms. The summed E-state index contributed by atoms with van der Waals surface area (Å²) >= 11 is 7.46. The Morgan fingerprint density at radius 1 is 1.19 bits per heavy atom. The molecule has 0 aliphatic heterocycles. The molecule has 4 aromatic rings. The van der Waals surface area contributed by atoms with E-state index in [9.17, 15) is 4.79 Å². The maximum absolute atomic E-state index is 12.3. The monoisotopic (exact) mass is 383 g/mol. The second-order valence-corrected chi connectivity index (χ2v) is 7.27. The quantitative estimate of drug-likeness (QED) is 0.569. The van der Waals surface area contributed by atoms with Gasteiger partial charge < -0.3 is 5.32 Å². The molecule has 1 N–H and O–H groups in total. The molecule has 130 valence electrons. The Morgan fingerprint density at radius 3 is 2.96 bits per heavy atom. The van der Waals surface area contributed by atoms with Crippen LogP contribution in [0.2, 0.25) is 5.02 Å². The molecule has 4 rings (SSSR count). The van der Waals surface area contributed by atoms with Crippen LogP contribution in [0.25, 0.3) is 11.0 Å². The number of aromatic nitrogens is 4. The van der Waals surface area contributed by atoms with Crippen LogP contribution in [0, 0.1) is 0 Å². The number of fused-ring (bicyclic) bond motifs is 1. The van der Waals surface area contributed by atoms with Crippen molar-refractivity contribution in [1.29, 1.82) is 0 Å². The van der Waals surface area contributed by atoms with Gasteiger partial charge >= 0.3 is 0 Å². The number of carbonyl (C=O) groups is 1. The highest BCUT2D eigenvalue weighted by Crippen LogP contribution is 2.22. The molecule has 0 unspecified atom stereocenters. The van der Waals surface area contributed by atoms with Gasteiger partial charge in [0, 0.05) is 22.5 Å². The largest absolute Gasteiger partial charge is 0.300 e. The van der Waals surface area contributed by atoms with E-state index in [0.717, 1.165) is 27.9 Å². The van der Waals surface area contributed by atoms with E-state index >= 15 is 0 Å². The van der Waals surface area contributed by atoms with Crippen molar-refractivity contribution in [2.45, 2.75) is 13.0 Å². The van der Waals surface area contributed by atoms with E-state index in [1.807, 2.05) is 48.5 Å².